The summed E-state index contributed by atoms with van der Waals surface area (Å²) in [5.74, 6) is 0. The van der Waals surface area contributed by atoms with Crippen LogP contribution in [-0.4, -0.2) is 54.5 Å². The van der Waals surface area contributed by atoms with E-state index in [1.54, 1.807) is 11.9 Å². The molecule has 1 amide bonds. The second-order valence-electron chi connectivity index (χ2n) is 6.81. The second kappa shape index (κ2) is 7.10. The van der Waals surface area contributed by atoms with Crippen LogP contribution in [0.5, 0.6) is 0 Å². The molecule has 6 nitrogen and oxygen atoms in total. The SMILES string of the molecule is CNC[C@@H](O)C[C@@]1(C#N)CCCN(C(=O)OC(C)(C)C)C1. The Labute approximate surface area is 127 Å². The van der Waals surface area contributed by atoms with Crippen LogP contribution in [0.3, 0.4) is 0 Å². The summed E-state index contributed by atoms with van der Waals surface area (Å²) in [5, 5.41) is 22.4. The summed E-state index contributed by atoms with van der Waals surface area (Å²) in [6.45, 7) is 6.82. The third-order valence-electron chi connectivity index (χ3n) is 3.53. The minimum Gasteiger partial charge on any atom is -0.444 e. The highest BCUT2D eigenvalue weighted by molar-refractivity contribution is 5.68. The van der Waals surface area contributed by atoms with Crippen LogP contribution in [0.15, 0.2) is 0 Å². The topological polar surface area (TPSA) is 85.6 Å². The number of amides is 1. The van der Waals surface area contributed by atoms with Gasteiger partial charge in [0.25, 0.3) is 0 Å². The van der Waals surface area contributed by atoms with Crippen molar-refractivity contribution in [3.63, 3.8) is 0 Å². The summed E-state index contributed by atoms with van der Waals surface area (Å²) in [5.41, 5.74) is -1.24. The van der Waals surface area contributed by atoms with E-state index in [-0.39, 0.29) is 6.09 Å². The average Bonchev–Trinajstić information content (AvgIpc) is 2.37. The summed E-state index contributed by atoms with van der Waals surface area (Å²) in [6, 6.07) is 2.32. The lowest BCUT2D eigenvalue weighted by molar-refractivity contribution is 0.00423. The molecule has 2 atom stereocenters. The summed E-state index contributed by atoms with van der Waals surface area (Å²) in [7, 11) is 1.76. The lowest BCUT2D eigenvalue weighted by Crippen LogP contribution is -2.48. The number of likely N-dealkylation sites (tertiary alicyclic amines) is 1. The van der Waals surface area contributed by atoms with Crippen molar-refractivity contribution >= 4 is 6.09 Å². The Hall–Kier alpha value is -1.32. The molecule has 1 saturated heterocycles. The quantitative estimate of drug-likeness (QED) is 0.821. The van der Waals surface area contributed by atoms with Gasteiger partial charge in [-0.25, -0.2) is 4.79 Å². The number of rotatable bonds is 4. The van der Waals surface area contributed by atoms with E-state index < -0.39 is 17.1 Å². The van der Waals surface area contributed by atoms with Gasteiger partial charge in [-0.3, -0.25) is 0 Å². The van der Waals surface area contributed by atoms with Crippen LogP contribution in [0.4, 0.5) is 4.79 Å². The van der Waals surface area contributed by atoms with Crippen molar-refractivity contribution in [3.8, 4) is 6.07 Å². The maximum atomic E-state index is 12.1. The van der Waals surface area contributed by atoms with E-state index in [1.165, 1.54) is 0 Å². The molecule has 0 radical (unpaired) electrons. The van der Waals surface area contributed by atoms with Crippen molar-refractivity contribution < 1.29 is 14.6 Å². The number of nitrogens with one attached hydrogen (secondary N) is 1. The first kappa shape index (κ1) is 17.7. The van der Waals surface area contributed by atoms with Crippen LogP contribution >= 0.6 is 0 Å². The number of piperidine rings is 1. The van der Waals surface area contributed by atoms with Gasteiger partial charge in [0.15, 0.2) is 0 Å². The monoisotopic (exact) mass is 297 g/mol. The lowest BCUT2D eigenvalue weighted by Gasteiger charge is -2.39. The molecule has 0 spiro atoms. The molecule has 2 N–H and O–H groups in total. The fraction of sp³-hybridized carbons (Fsp3) is 0.867. The van der Waals surface area contributed by atoms with Crippen molar-refractivity contribution in [3.05, 3.63) is 0 Å². The molecule has 120 valence electrons. The maximum Gasteiger partial charge on any atom is 0.410 e. The van der Waals surface area contributed by atoms with Gasteiger partial charge in [0.1, 0.15) is 5.60 Å². The average molecular weight is 297 g/mol. The molecule has 1 aliphatic heterocycles. The minimum absolute atomic E-state index is 0.319. The molecule has 0 aliphatic carbocycles. The zero-order chi connectivity index (χ0) is 16.1. The highest BCUT2D eigenvalue weighted by Gasteiger charge is 2.40. The first-order chi connectivity index (χ1) is 9.71. The highest BCUT2D eigenvalue weighted by Crippen LogP contribution is 2.34. The minimum atomic E-state index is -0.689. The Balaban J connectivity index is 2.72. The molecule has 1 heterocycles. The summed E-state index contributed by atoms with van der Waals surface area (Å²) in [6.07, 6.45) is 0.838. The van der Waals surface area contributed by atoms with Crippen molar-refractivity contribution in [2.75, 3.05) is 26.7 Å². The number of hydrogen-bond donors (Lipinski definition) is 2. The molecule has 0 unspecified atom stereocenters. The van der Waals surface area contributed by atoms with Gasteiger partial charge in [-0.05, 0) is 47.1 Å². The van der Waals surface area contributed by atoms with E-state index in [0.29, 0.717) is 32.5 Å². The van der Waals surface area contributed by atoms with Gasteiger partial charge in [-0.1, -0.05) is 0 Å². The van der Waals surface area contributed by atoms with Crippen LogP contribution in [0.2, 0.25) is 0 Å². The number of aliphatic hydroxyl groups is 1. The Morgan fingerprint density at radius 2 is 2.24 bits per heavy atom. The third-order valence-corrected chi connectivity index (χ3v) is 3.53. The Morgan fingerprint density at radius 1 is 1.57 bits per heavy atom. The first-order valence-electron chi connectivity index (χ1n) is 7.43. The van der Waals surface area contributed by atoms with Crippen molar-refractivity contribution in [1.82, 2.24) is 10.2 Å². The van der Waals surface area contributed by atoms with E-state index in [1.807, 2.05) is 20.8 Å². The van der Waals surface area contributed by atoms with Crippen LogP contribution in [0.25, 0.3) is 0 Å². The summed E-state index contributed by atoms with van der Waals surface area (Å²) >= 11 is 0. The van der Waals surface area contributed by atoms with Crippen LogP contribution in [0, 0.1) is 16.7 Å². The zero-order valence-electron chi connectivity index (χ0n) is 13.5. The lowest BCUT2D eigenvalue weighted by atomic mass is 9.77. The Kier molecular flexibility index (Phi) is 5.99. The van der Waals surface area contributed by atoms with E-state index in [4.69, 9.17) is 4.74 Å². The molecule has 0 aromatic rings. The van der Waals surface area contributed by atoms with Gasteiger partial charge in [0.2, 0.25) is 0 Å². The maximum absolute atomic E-state index is 12.1. The molecular formula is C15H27N3O3. The molecule has 0 bridgehead atoms. The number of carbonyl (C=O) groups excluding carboxylic acids is 1. The Morgan fingerprint density at radius 3 is 2.76 bits per heavy atom. The van der Waals surface area contributed by atoms with Crippen LogP contribution in [-0.2, 0) is 4.74 Å². The third kappa shape index (κ3) is 5.52. The van der Waals surface area contributed by atoms with Crippen molar-refractivity contribution in [2.24, 2.45) is 5.41 Å². The zero-order valence-corrected chi connectivity index (χ0v) is 13.5. The molecule has 21 heavy (non-hydrogen) atoms. The highest BCUT2D eigenvalue weighted by atomic mass is 16.6. The molecule has 0 aromatic heterocycles. The Bertz CT molecular complexity index is 400. The number of hydrogen-bond acceptors (Lipinski definition) is 5. The number of carbonyl (C=O) groups is 1. The van der Waals surface area contributed by atoms with E-state index >= 15 is 0 Å². The van der Waals surface area contributed by atoms with Gasteiger partial charge >= 0.3 is 6.09 Å². The largest absolute Gasteiger partial charge is 0.444 e. The van der Waals surface area contributed by atoms with Crippen LogP contribution < -0.4 is 5.32 Å². The van der Waals surface area contributed by atoms with E-state index in [0.717, 1.165) is 6.42 Å². The van der Waals surface area contributed by atoms with E-state index in [9.17, 15) is 15.2 Å². The first-order valence-corrected chi connectivity index (χ1v) is 7.43. The number of likely N-dealkylation sites (N-methyl/N-ethyl adjacent to an activating group) is 1. The normalized spacial score (nSPS) is 24.3. The standard InChI is InChI=1S/C15H27N3O3/c1-14(2,3)21-13(20)18-7-5-6-15(10-16,11-18)8-12(19)9-17-4/h12,17,19H,5-9,11H2,1-4H3/t12-,15+/m0/s1. The summed E-state index contributed by atoms with van der Waals surface area (Å²) < 4.78 is 5.37. The second-order valence-corrected chi connectivity index (χ2v) is 6.81. The predicted molar refractivity (Wildman–Crippen MR) is 79.6 cm³/mol. The fourth-order valence-electron chi connectivity index (χ4n) is 2.68. The summed E-state index contributed by atoms with van der Waals surface area (Å²) in [4.78, 5) is 13.7. The van der Waals surface area contributed by atoms with Gasteiger partial charge in [0, 0.05) is 19.6 Å². The fourth-order valence-corrected chi connectivity index (χ4v) is 2.68. The molecular weight excluding hydrogens is 270 g/mol. The molecule has 1 rings (SSSR count). The van der Waals surface area contributed by atoms with Crippen molar-refractivity contribution in [1.29, 1.82) is 5.26 Å². The smallest absolute Gasteiger partial charge is 0.410 e. The van der Waals surface area contributed by atoms with Gasteiger partial charge < -0.3 is 20.1 Å². The number of nitrogens with zero attached hydrogens (tertiary/aromatic N) is 2. The molecule has 1 fully saturated rings. The van der Waals surface area contributed by atoms with Crippen molar-refractivity contribution in [2.45, 2.75) is 51.7 Å². The predicted octanol–water partition coefficient (Wildman–Crippen LogP) is 1.50. The number of ether oxygens (including phenoxy) is 1. The van der Waals surface area contributed by atoms with Gasteiger partial charge in [-0.2, -0.15) is 5.26 Å². The van der Waals surface area contributed by atoms with Crippen LogP contribution in [0.1, 0.15) is 40.0 Å². The molecule has 6 heteroatoms. The van der Waals surface area contributed by atoms with Gasteiger partial charge in [-0.15, -0.1) is 0 Å². The number of nitriles is 1. The van der Waals surface area contributed by atoms with Gasteiger partial charge in [0.05, 0.1) is 17.6 Å². The molecule has 0 saturated carbocycles. The molecule has 1 aliphatic rings. The molecule has 0 aromatic carbocycles. The number of aliphatic hydroxyl groups excluding tert-OH is 1. The van der Waals surface area contributed by atoms with E-state index in [2.05, 4.69) is 11.4 Å².